The molecule has 0 radical (unpaired) electrons. The molecule has 0 saturated heterocycles. The van der Waals surface area contributed by atoms with E-state index in [4.69, 9.17) is 4.74 Å². The number of hydrogen-bond donors (Lipinski definition) is 1. The first kappa shape index (κ1) is 15.5. The first-order chi connectivity index (χ1) is 8.77. The maximum absolute atomic E-state index is 5.75. The summed E-state index contributed by atoms with van der Waals surface area (Å²) in [6.45, 7) is 7.17. The molecule has 0 aliphatic rings. The first-order valence-corrected chi connectivity index (χ1v) is 7.69. The molecule has 1 aromatic carbocycles. The van der Waals surface area contributed by atoms with Gasteiger partial charge in [0, 0.05) is 6.54 Å². The number of nitrogens with one attached hydrogen (secondary N) is 1. The van der Waals surface area contributed by atoms with Crippen molar-refractivity contribution in [3.05, 3.63) is 28.2 Å². The molecule has 102 valence electrons. The van der Waals surface area contributed by atoms with E-state index in [0.29, 0.717) is 0 Å². The third kappa shape index (κ3) is 5.87. The van der Waals surface area contributed by atoms with Crippen molar-refractivity contribution >= 4 is 15.9 Å². The van der Waals surface area contributed by atoms with E-state index < -0.39 is 0 Å². The van der Waals surface area contributed by atoms with Crippen LogP contribution in [0.1, 0.15) is 45.1 Å². The molecule has 1 rings (SSSR count). The molecular formula is C15H24BrNO. The third-order valence-electron chi connectivity index (χ3n) is 2.76. The van der Waals surface area contributed by atoms with E-state index in [0.717, 1.165) is 36.3 Å². The van der Waals surface area contributed by atoms with Crippen LogP contribution in [0.3, 0.4) is 0 Å². The molecule has 0 fully saturated rings. The Hall–Kier alpha value is -0.540. The highest BCUT2D eigenvalue weighted by atomic mass is 79.9. The van der Waals surface area contributed by atoms with Crippen LogP contribution in [0.4, 0.5) is 0 Å². The van der Waals surface area contributed by atoms with Crippen molar-refractivity contribution in [2.45, 2.75) is 46.1 Å². The zero-order valence-electron chi connectivity index (χ0n) is 11.5. The molecule has 1 aromatic rings. The van der Waals surface area contributed by atoms with Gasteiger partial charge in [-0.3, -0.25) is 0 Å². The normalized spacial score (nSPS) is 10.6. The summed E-state index contributed by atoms with van der Waals surface area (Å²) < 4.78 is 6.80. The van der Waals surface area contributed by atoms with Gasteiger partial charge in [0.15, 0.2) is 0 Å². The van der Waals surface area contributed by atoms with E-state index >= 15 is 0 Å². The summed E-state index contributed by atoms with van der Waals surface area (Å²) in [7, 11) is 0. The lowest BCUT2D eigenvalue weighted by Crippen LogP contribution is -2.13. The fourth-order valence-electron chi connectivity index (χ4n) is 1.72. The molecule has 0 aliphatic carbocycles. The first-order valence-electron chi connectivity index (χ1n) is 6.89. The quantitative estimate of drug-likeness (QED) is 0.677. The molecule has 0 aliphatic heterocycles. The fraction of sp³-hybridized carbons (Fsp3) is 0.600. The molecule has 0 aromatic heterocycles. The van der Waals surface area contributed by atoms with Crippen LogP contribution in [0.2, 0.25) is 0 Å². The minimum atomic E-state index is 0.805. The predicted molar refractivity (Wildman–Crippen MR) is 81.2 cm³/mol. The lowest BCUT2D eigenvalue weighted by Gasteiger charge is -2.10. The summed E-state index contributed by atoms with van der Waals surface area (Å²) in [6, 6.07) is 6.32. The van der Waals surface area contributed by atoms with Crippen molar-refractivity contribution < 1.29 is 4.74 Å². The van der Waals surface area contributed by atoms with Gasteiger partial charge < -0.3 is 10.1 Å². The second-order valence-corrected chi connectivity index (χ2v) is 5.35. The number of halogens is 1. The Labute approximate surface area is 119 Å². The summed E-state index contributed by atoms with van der Waals surface area (Å²) in [4.78, 5) is 0. The smallest absolute Gasteiger partial charge is 0.133 e. The summed E-state index contributed by atoms with van der Waals surface area (Å²) in [5.41, 5.74) is 1.29. The van der Waals surface area contributed by atoms with Gasteiger partial charge in [0.1, 0.15) is 5.75 Å². The summed E-state index contributed by atoms with van der Waals surface area (Å²) in [6.07, 6.45) is 4.76. The van der Waals surface area contributed by atoms with Gasteiger partial charge in [-0.05, 0) is 53.0 Å². The fourth-order valence-corrected chi connectivity index (χ4v) is 2.26. The summed E-state index contributed by atoms with van der Waals surface area (Å²) >= 11 is 3.57. The van der Waals surface area contributed by atoms with Crippen LogP contribution in [-0.4, -0.2) is 13.2 Å². The lowest BCUT2D eigenvalue weighted by molar-refractivity contribution is 0.304. The number of hydrogen-bond acceptors (Lipinski definition) is 2. The van der Waals surface area contributed by atoms with Crippen molar-refractivity contribution in [2.75, 3.05) is 13.2 Å². The van der Waals surface area contributed by atoms with Gasteiger partial charge in [0.05, 0.1) is 11.1 Å². The van der Waals surface area contributed by atoms with Gasteiger partial charge in [-0.1, -0.05) is 32.8 Å². The van der Waals surface area contributed by atoms with Crippen molar-refractivity contribution in [3.8, 4) is 5.75 Å². The number of benzene rings is 1. The monoisotopic (exact) mass is 313 g/mol. The van der Waals surface area contributed by atoms with Crippen molar-refractivity contribution in [3.63, 3.8) is 0 Å². The molecule has 0 heterocycles. The average molecular weight is 314 g/mol. The van der Waals surface area contributed by atoms with Crippen molar-refractivity contribution in [1.29, 1.82) is 0 Å². The minimum absolute atomic E-state index is 0.805. The zero-order chi connectivity index (χ0) is 13.2. The van der Waals surface area contributed by atoms with Crippen molar-refractivity contribution in [1.82, 2.24) is 5.32 Å². The molecule has 0 atom stereocenters. The Kier molecular flexibility index (Phi) is 8.10. The van der Waals surface area contributed by atoms with Gasteiger partial charge in [-0.2, -0.15) is 0 Å². The second-order valence-electron chi connectivity index (χ2n) is 4.50. The standard InChI is InChI=1S/C15H24BrNO/c1-3-5-6-10-18-15-8-7-13(11-14(15)16)12-17-9-4-2/h7-8,11,17H,3-6,9-10,12H2,1-2H3. The molecular weight excluding hydrogens is 290 g/mol. The third-order valence-corrected chi connectivity index (χ3v) is 3.38. The van der Waals surface area contributed by atoms with E-state index in [-0.39, 0.29) is 0 Å². The van der Waals surface area contributed by atoms with E-state index in [9.17, 15) is 0 Å². The Morgan fingerprint density at radius 3 is 2.67 bits per heavy atom. The van der Waals surface area contributed by atoms with Gasteiger partial charge in [-0.25, -0.2) is 0 Å². The van der Waals surface area contributed by atoms with Crippen LogP contribution in [-0.2, 0) is 6.54 Å². The van der Waals surface area contributed by atoms with E-state index in [1.54, 1.807) is 0 Å². The maximum Gasteiger partial charge on any atom is 0.133 e. The van der Waals surface area contributed by atoms with Gasteiger partial charge in [0.25, 0.3) is 0 Å². The van der Waals surface area contributed by atoms with Crippen LogP contribution >= 0.6 is 15.9 Å². The largest absolute Gasteiger partial charge is 0.492 e. The SMILES string of the molecule is CCCCCOc1ccc(CNCCC)cc1Br. The predicted octanol–water partition coefficient (Wildman–Crippen LogP) is 4.52. The van der Waals surface area contributed by atoms with Crippen LogP contribution in [0.25, 0.3) is 0 Å². The molecule has 3 heteroatoms. The Morgan fingerprint density at radius 1 is 1.17 bits per heavy atom. The highest BCUT2D eigenvalue weighted by Crippen LogP contribution is 2.26. The molecule has 1 N–H and O–H groups in total. The second kappa shape index (κ2) is 9.40. The van der Waals surface area contributed by atoms with Crippen LogP contribution in [0.15, 0.2) is 22.7 Å². The highest BCUT2D eigenvalue weighted by Gasteiger charge is 2.02. The van der Waals surface area contributed by atoms with Gasteiger partial charge in [0.2, 0.25) is 0 Å². The lowest BCUT2D eigenvalue weighted by atomic mass is 10.2. The van der Waals surface area contributed by atoms with E-state index in [2.05, 4.69) is 53.3 Å². The maximum atomic E-state index is 5.75. The molecule has 0 saturated carbocycles. The van der Waals surface area contributed by atoms with Crippen LogP contribution in [0, 0.1) is 0 Å². The topological polar surface area (TPSA) is 21.3 Å². The summed E-state index contributed by atoms with van der Waals surface area (Å²) in [5.74, 6) is 0.949. The Morgan fingerprint density at radius 2 is 2.00 bits per heavy atom. The molecule has 2 nitrogen and oxygen atoms in total. The van der Waals surface area contributed by atoms with Crippen LogP contribution in [0.5, 0.6) is 5.75 Å². The molecule has 0 spiro atoms. The van der Waals surface area contributed by atoms with E-state index in [1.807, 2.05) is 0 Å². The highest BCUT2D eigenvalue weighted by molar-refractivity contribution is 9.10. The zero-order valence-corrected chi connectivity index (χ0v) is 13.1. The molecule has 0 amide bonds. The van der Waals surface area contributed by atoms with E-state index in [1.165, 1.54) is 24.8 Å². The molecule has 0 unspecified atom stereocenters. The Bertz CT molecular complexity index is 341. The number of rotatable bonds is 9. The number of unbranched alkanes of at least 4 members (excludes halogenated alkanes) is 2. The number of ether oxygens (including phenoxy) is 1. The molecule has 18 heavy (non-hydrogen) atoms. The minimum Gasteiger partial charge on any atom is -0.492 e. The summed E-state index contributed by atoms with van der Waals surface area (Å²) in [5, 5.41) is 3.40. The molecule has 0 bridgehead atoms. The van der Waals surface area contributed by atoms with Gasteiger partial charge >= 0.3 is 0 Å². The Balaban J connectivity index is 2.41. The van der Waals surface area contributed by atoms with Gasteiger partial charge in [-0.15, -0.1) is 0 Å². The van der Waals surface area contributed by atoms with Crippen molar-refractivity contribution in [2.24, 2.45) is 0 Å². The van der Waals surface area contributed by atoms with Crippen LogP contribution < -0.4 is 10.1 Å². The average Bonchev–Trinajstić information content (AvgIpc) is 2.37.